The molecule has 0 amide bonds. The SMILES string of the molecule is c1ccc(-c2cc(N(c3ccccc3)c3ccccc3)cc(N(c3cccc(N(c4ccccc4)c4ccccc4)c3)c3cccc4c3C3(c5ccccc5-c5ccccc53)c3ccccc3-4)c2)cc1. The van der Waals surface area contributed by atoms with E-state index in [9.17, 15) is 0 Å². The summed E-state index contributed by atoms with van der Waals surface area (Å²) in [6.07, 6.45) is 0. The minimum atomic E-state index is -0.592. The molecule has 3 heteroatoms. The van der Waals surface area contributed by atoms with Crippen LogP contribution >= 0.6 is 0 Å². The molecule has 0 radical (unpaired) electrons. The molecule has 0 saturated heterocycles. The van der Waals surface area contributed by atoms with Crippen LogP contribution in [0.1, 0.15) is 22.3 Å². The highest BCUT2D eigenvalue weighted by Gasteiger charge is 2.53. The molecular weight excluding hydrogens is 847 g/mol. The fourth-order valence-electron chi connectivity index (χ4n) is 11.4. The maximum Gasteiger partial charge on any atom is 0.0746 e. The van der Waals surface area contributed by atoms with Crippen LogP contribution in [-0.2, 0) is 5.41 Å². The summed E-state index contributed by atoms with van der Waals surface area (Å²) in [5.74, 6) is 0. The smallest absolute Gasteiger partial charge is 0.0746 e. The average molecular weight is 894 g/mol. The zero-order valence-corrected chi connectivity index (χ0v) is 38.5. The first kappa shape index (κ1) is 41.0. The maximum atomic E-state index is 2.54. The first-order valence-electron chi connectivity index (χ1n) is 24.1. The lowest BCUT2D eigenvalue weighted by molar-refractivity contribution is 0.793. The predicted molar refractivity (Wildman–Crippen MR) is 292 cm³/mol. The Kier molecular flexibility index (Phi) is 10.1. The Morgan fingerprint density at radius 3 is 1.03 bits per heavy atom. The molecule has 0 bridgehead atoms. The van der Waals surface area contributed by atoms with Crippen LogP contribution in [-0.4, -0.2) is 0 Å². The van der Waals surface area contributed by atoms with Gasteiger partial charge in [-0.05, 0) is 141 Å². The van der Waals surface area contributed by atoms with Gasteiger partial charge < -0.3 is 14.7 Å². The monoisotopic (exact) mass is 893 g/mol. The molecule has 13 rings (SSSR count). The Hall–Kier alpha value is -9.18. The van der Waals surface area contributed by atoms with E-state index in [1.54, 1.807) is 0 Å². The Labute approximate surface area is 410 Å². The zero-order valence-electron chi connectivity index (χ0n) is 38.5. The van der Waals surface area contributed by atoms with Crippen LogP contribution in [0.3, 0.4) is 0 Å². The van der Waals surface area contributed by atoms with Crippen molar-refractivity contribution in [2.75, 3.05) is 14.7 Å². The summed E-state index contributed by atoms with van der Waals surface area (Å²) in [7, 11) is 0. The molecule has 1 spiro atoms. The van der Waals surface area contributed by atoms with E-state index in [1.165, 1.54) is 44.5 Å². The summed E-state index contributed by atoms with van der Waals surface area (Å²) in [6, 6.07) is 104. The van der Waals surface area contributed by atoms with Gasteiger partial charge in [-0.25, -0.2) is 0 Å². The van der Waals surface area contributed by atoms with Crippen LogP contribution in [0.5, 0.6) is 0 Å². The third kappa shape index (κ3) is 6.66. The van der Waals surface area contributed by atoms with Crippen molar-refractivity contribution < 1.29 is 0 Å². The lowest BCUT2D eigenvalue weighted by atomic mass is 9.70. The van der Waals surface area contributed by atoms with Gasteiger partial charge in [-0.3, -0.25) is 0 Å². The summed E-state index contributed by atoms with van der Waals surface area (Å²) in [6.45, 7) is 0. The number of hydrogen-bond donors (Lipinski definition) is 0. The maximum absolute atomic E-state index is 2.54. The van der Waals surface area contributed by atoms with Crippen molar-refractivity contribution in [3.63, 3.8) is 0 Å². The summed E-state index contributed by atoms with van der Waals surface area (Å²) in [5, 5.41) is 0. The predicted octanol–water partition coefficient (Wildman–Crippen LogP) is 18.1. The molecule has 2 aliphatic carbocycles. The van der Waals surface area contributed by atoms with Gasteiger partial charge in [-0.15, -0.1) is 0 Å². The molecule has 330 valence electrons. The number of rotatable bonds is 10. The van der Waals surface area contributed by atoms with Crippen molar-refractivity contribution in [1.29, 1.82) is 0 Å². The molecule has 0 aliphatic heterocycles. The highest BCUT2D eigenvalue weighted by Crippen LogP contribution is 2.65. The molecule has 0 N–H and O–H groups in total. The molecule has 3 nitrogen and oxygen atoms in total. The summed E-state index contributed by atoms with van der Waals surface area (Å²) >= 11 is 0. The third-order valence-corrected chi connectivity index (χ3v) is 14.2. The van der Waals surface area contributed by atoms with Gasteiger partial charge >= 0.3 is 0 Å². The third-order valence-electron chi connectivity index (χ3n) is 14.2. The van der Waals surface area contributed by atoms with Gasteiger partial charge in [0.1, 0.15) is 0 Å². The zero-order chi connectivity index (χ0) is 46.4. The van der Waals surface area contributed by atoms with Gasteiger partial charge in [0.2, 0.25) is 0 Å². The van der Waals surface area contributed by atoms with Crippen molar-refractivity contribution in [2.45, 2.75) is 5.41 Å². The Bertz CT molecular complexity index is 3520. The number of para-hydroxylation sites is 4. The second-order valence-corrected chi connectivity index (χ2v) is 18.1. The number of hydrogen-bond acceptors (Lipinski definition) is 3. The van der Waals surface area contributed by atoms with Gasteiger partial charge in [0, 0.05) is 51.1 Å². The molecule has 11 aromatic rings. The average Bonchev–Trinajstić information content (AvgIpc) is 3.91. The van der Waals surface area contributed by atoms with Gasteiger partial charge in [0.25, 0.3) is 0 Å². The Morgan fingerprint density at radius 1 is 0.214 bits per heavy atom. The molecular formula is C67H47N3. The Morgan fingerprint density at radius 2 is 0.543 bits per heavy atom. The molecule has 70 heavy (non-hydrogen) atoms. The van der Waals surface area contributed by atoms with Gasteiger partial charge in [0.05, 0.1) is 11.1 Å². The van der Waals surface area contributed by atoms with Crippen LogP contribution in [0.4, 0.5) is 51.2 Å². The molecule has 0 unspecified atom stereocenters. The molecule has 0 heterocycles. The van der Waals surface area contributed by atoms with Crippen molar-refractivity contribution in [1.82, 2.24) is 0 Å². The molecule has 11 aromatic carbocycles. The van der Waals surface area contributed by atoms with Gasteiger partial charge in [-0.1, -0.05) is 194 Å². The normalized spacial score (nSPS) is 12.4. The van der Waals surface area contributed by atoms with E-state index in [-0.39, 0.29) is 0 Å². The van der Waals surface area contributed by atoms with E-state index in [4.69, 9.17) is 0 Å². The lowest BCUT2D eigenvalue weighted by Gasteiger charge is -2.37. The van der Waals surface area contributed by atoms with Crippen LogP contribution in [0.25, 0.3) is 33.4 Å². The van der Waals surface area contributed by atoms with Gasteiger partial charge in [-0.2, -0.15) is 0 Å². The standard InChI is InChI=1S/C67H47N3/c1-6-24-48(25-7-1)49-44-56(69(52-30-12-4-13-31-52)53-32-14-5-15-33-53)47-57(45-49)70(55-35-22-34-54(46-55)68(50-26-8-2-9-27-50)51-28-10-3-11-29-51)65-43-23-39-61-60-38-18-21-42-64(60)67(66(61)65)62-40-19-16-36-58(62)59-37-17-20-41-63(59)67/h1-47H. The second kappa shape index (κ2) is 17.2. The van der Waals surface area contributed by atoms with Crippen molar-refractivity contribution in [2.24, 2.45) is 0 Å². The van der Waals surface area contributed by atoms with Crippen LogP contribution in [0.2, 0.25) is 0 Å². The van der Waals surface area contributed by atoms with E-state index >= 15 is 0 Å². The number of fused-ring (bicyclic) bond motifs is 10. The van der Waals surface area contributed by atoms with E-state index < -0.39 is 5.41 Å². The van der Waals surface area contributed by atoms with E-state index in [0.29, 0.717) is 0 Å². The van der Waals surface area contributed by atoms with Crippen molar-refractivity contribution in [3.8, 4) is 33.4 Å². The molecule has 0 saturated carbocycles. The number of nitrogens with zero attached hydrogens (tertiary/aromatic N) is 3. The fourth-order valence-corrected chi connectivity index (χ4v) is 11.4. The fraction of sp³-hybridized carbons (Fsp3) is 0.0149. The van der Waals surface area contributed by atoms with Crippen molar-refractivity contribution in [3.05, 3.63) is 307 Å². The summed E-state index contributed by atoms with van der Waals surface area (Å²) in [5.41, 5.74) is 21.5. The highest BCUT2D eigenvalue weighted by atomic mass is 15.2. The van der Waals surface area contributed by atoms with E-state index in [2.05, 4.69) is 300 Å². The van der Waals surface area contributed by atoms with Crippen LogP contribution in [0.15, 0.2) is 285 Å². The van der Waals surface area contributed by atoms with Crippen LogP contribution in [0, 0.1) is 0 Å². The van der Waals surface area contributed by atoms with Crippen LogP contribution < -0.4 is 14.7 Å². The van der Waals surface area contributed by atoms with Crippen molar-refractivity contribution >= 4 is 51.2 Å². The van der Waals surface area contributed by atoms with E-state index in [1.807, 2.05) is 0 Å². The largest absolute Gasteiger partial charge is 0.310 e. The first-order chi connectivity index (χ1) is 34.8. The first-order valence-corrected chi connectivity index (χ1v) is 24.1. The second-order valence-electron chi connectivity index (χ2n) is 18.1. The molecule has 0 aromatic heterocycles. The lowest BCUT2D eigenvalue weighted by Crippen LogP contribution is -2.28. The topological polar surface area (TPSA) is 9.72 Å². The molecule has 0 fully saturated rings. The van der Waals surface area contributed by atoms with E-state index in [0.717, 1.165) is 62.3 Å². The molecule has 0 atom stereocenters. The number of benzene rings is 11. The minimum absolute atomic E-state index is 0.592. The number of anilines is 9. The Balaban J connectivity index is 1.14. The summed E-state index contributed by atoms with van der Waals surface area (Å²) in [4.78, 5) is 7.28. The minimum Gasteiger partial charge on any atom is -0.310 e. The molecule has 2 aliphatic rings. The quantitative estimate of drug-likeness (QED) is 0.135. The highest BCUT2D eigenvalue weighted by molar-refractivity contribution is 6.00. The van der Waals surface area contributed by atoms with Gasteiger partial charge in [0.15, 0.2) is 0 Å². The summed E-state index contributed by atoms with van der Waals surface area (Å²) < 4.78 is 0.